The standard InChI is InChI=1S/C54H80O2S2/c1-47(2,3)39-17-37(45(55)41(19-39)53-25-35-21-49(7,31-53)29-50(8,22-35)32-53)27-57-43-15-13-11-12-14-16-44(43)58-28-38-18-40(48(4,5)6)20-42(46(38)56)54-26-36-23-51(9,33-54)30-52(10,24-36)34-54/h17-20,35-36,43-44,55-56H,11-16,21-34H2,1-10H3/t35?,36?,43?,44?,49-,50?,51?,52?,53?,54?/m1/s1. The quantitative estimate of drug-likeness (QED) is 0.278. The summed E-state index contributed by atoms with van der Waals surface area (Å²) in [5.41, 5.74) is 9.68. The molecule has 8 atom stereocenters. The van der Waals surface area contributed by atoms with E-state index >= 15 is 0 Å². The third-order valence-corrected chi connectivity index (χ3v) is 20.7. The van der Waals surface area contributed by atoms with Gasteiger partial charge in [0.25, 0.3) is 0 Å². The van der Waals surface area contributed by atoms with Crippen molar-refractivity contribution < 1.29 is 10.2 Å². The van der Waals surface area contributed by atoms with Gasteiger partial charge in [0.05, 0.1) is 0 Å². The van der Waals surface area contributed by atoms with E-state index in [2.05, 4.69) is 117 Å². The number of rotatable bonds is 8. The van der Waals surface area contributed by atoms with E-state index in [4.69, 9.17) is 0 Å². The highest BCUT2D eigenvalue weighted by Gasteiger charge is 2.62. The van der Waals surface area contributed by atoms with Crippen LogP contribution in [0.25, 0.3) is 0 Å². The minimum absolute atomic E-state index is 0.0324. The predicted octanol–water partition coefficient (Wildman–Crippen LogP) is 15.4. The van der Waals surface area contributed by atoms with Crippen LogP contribution in [-0.2, 0) is 33.2 Å². The molecule has 8 bridgehead atoms. The Labute approximate surface area is 363 Å². The van der Waals surface area contributed by atoms with Gasteiger partial charge >= 0.3 is 0 Å². The molecule has 0 heterocycles. The molecule has 9 saturated carbocycles. The molecule has 0 amide bonds. The Kier molecular flexibility index (Phi) is 10.2. The van der Waals surface area contributed by atoms with Crippen LogP contribution in [0.4, 0.5) is 0 Å². The summed E-state index contributed by atoms with van der Waals surface area (Å²) in [4.78, 5) is 0. The molecule has 0 spiro atoms. The molecule has 7 unspecified atom stereocenters. The Balaban J connectivity index is 0.996. The number of thioether (sulfide) groups is 2. The Morgan fingerprint density at radius 2 is 0.845 bits per heavy atom. The van der Waals surface area contributed by atoms with Crippen LogP contribution in [0.15, 0.2) is 24.3 Å². The number of phenolic OH excluding ortho intramolecular Hbond substituents is 2. The Morgan fingerprint density at radius 3 is 1.16 bits per heavy atom. The third kappa shape index (κ3) is 7.65. The zero-order valence-corrected chi connectivity index (χ0v) is 40.1. The molecule has 0 aromatic heterocycles. The fourth-order valence-electron chi connectivity index (χ4n) is 17.0. The smallest absolute Gasteiger partial charge is 0.123 e. The summed E-state index contributed by atoms with van der Waals surface area (Å²) in [5, 5.41) is 26.0. The molecule has 11 rings (SSSR count). The lowest BCUT2D eigenvalue weighted by atomic mass is 9.39. The molecule has 9 aliphatic carbocycles. The summed E-state index contributed by atoms with van der Waals surface area (Å²) in [7, 11) is 0. The van der Waals surface area contributed by atoms with Crippen molar-refractivity contribution in [3.63, 3.8) is 0 Å². The molecule has 0 saturated heterocycles. The Hall–Kier alpha value is -1.26. The van der Waals surface area contributed by atoms with Gasteiger partial charge in [0.1, 0.15) is 11.5 Å². The van der Waals surface area contributed by atoms with Crippen LogP contribution in [0.2, 0.25) is 0 Å². The van der Waals surface area contributed by atoms with E-state index in [-0.39, 0.29) is 21.7 Å². The maximum absolute atomic E-state index is 12.5. The lowest BCUT2D eigenvalue weighted by Gasteiger charge is -2.65. The normalized spacial score (nSPS) is 40.9. The second kappa shape index (κ2) is 14.1. The largest absolute Gasteiger partial charge is 0.507 e. The average Bonchev–Trinajstić information content (AvgIpc) is 3.04. The van der Waals surface area contributed by atoms with Gasteiger partial charge in [-0.1, -0.05) is 119 Å². The number of benzene rings is 2. The monoisotopic (exact) mass is 825 g/mol. The molecule has 4 heteroatoms. The summed E-state index contributed by atoms with van der Waals surface area (Å²) in [6.07, 6.45) is 23.5. The number of hydrogen-bond donors (Lipinski definition) is 2. The van der Waals surface area contributed by atoms with Gasteiger partial charge in [-0.2, -0.15) is 23.5 Å². The van der Waals surface area contributed by atoms with Gasteiger partial charge in [0, 0.05) is 55.1 Å². The highest BCUT2D eigenvalue weighted by molar-refractivity contribution is 8.03. The molecule has 0 radical (unpaired) electrons. The van der Waals surface area contributed by atoms with Crippen LogP contribution < -0.4 is 0 Å². The molecule has 2 aromatic rings. The van der Waals surface area contributed by atoms with E-state index < -0.39 is 0 Å². The molecule has 58 heavy (non-hydrogen) atoms. The van der Waals surface area contributed by atoms with Crippen molar-refractivity contribution in [2.24, 2.45) is 33.5 Å². The van der Waals surface area contributed by atoms with Crippen LogP contribution in [-0.4, -0.2) is 20.7 Å². The number of aromatic hydroxyl groups is 2. The van der Waals surface area contributed by atoms with E-state index in [1.807, 2.05) is 0 Å². The Bertz CT molecular complexity index is 1740. The Morgan fingerprint density at radius 1 is 0.500 bits per heavy atom. The SMILES string of the molecule is CC12CC3CC(C)(C1)CC(c1cc(C(C)(C)C)cc(CSC4CCCCCCC4SCc4cc(C(C)(C)C)cc(C56CC7CC(C)(C5)C[C@@](C)(C7)C6)c4O)c1O)(C3)C2. The van der Waals surface area contributed by atoms with Crippen LogP contribution in [0.3, 0.4) is 0 Å². The second-order valence-corrected chi connectivity index (χ2v) is 28.5. The highest BCUT2D eigenvalue weighted by atomic mass is 32.2. The topological polar surface area (TPSA) is 40.5 Å². The zero-order chi connectivity index (χ0) is 41.3. The molecular formula is C54H80O2S2. The van der Waals surface area contributed by atoms with E-state index in [9.17, 15) is 10.2 Å². The van der Waals surface area contributed by atoms with Crippen molar-refractivity contribution in [2.75, 3.05) is 0 Å². The van der Waals surface area contributed by atoms with Gasteiger partial charge in [-0.15, -0.1) is 0 Å². The minimum atomic E-state index is 0.0324. The van der Waals surface area contributed by atoms with Crippen molar-refractivity contribution in [3.8, 4) is 11.5 Å². The molecule has 2 N–H and O–H groups in total. The highest BCUT2D eigenvalue weighted by Crippen LogP contribution is 2.72. The van der Waals surface area contributed by atoms with Crippen molar-refractivity contribution in [2.45, 2.75) is 228 Å². The molecule has 2 aromatic carbocycles. The van der Waals surface area contributed by atoms with Crippen molar-refractivity contribution in [1.82, 2.24) is 0 Å². The maximum atomic E-state index is 12.5. The first-order chi connectivity index (χ1) is 27.0. The summed E-state index contributed by atoms with van der Waals surface area (Å²) in [6.45, 7) is 24.5. The maximum Gasteiger partial charge on any atom is 0.123 e. The molecule has 2 nitrogen and oxygen atoms in total. The van der Waals surface area contributed by atoms with Gasteiger partial charge in [0.15, 0.2) is 0 Å². The fraction of sp³-hybridized carbons (Fsp3) is 0.778. The number of hydrogen-bond acceptors (Lipinski definition) is 4. The first-order valence-corrected chi connectivity index (χ1v) is 26.1. The van der Waals surface area contributed by atoms with E-state index in [1.165, 1.54) is 149 Å². The first-order valence-electron chi connectivity index (χ1n) is 24.0. The molecule has 9 aliphatic rings. The van der Waals surface area contributed by atoms with Gasteiger partial charge < -0.3 is 10.2 Å². The van der Waals surface area contributed by atoms with Crippen molar-refractivity contribution >= 4 is 23.5 Å². The van der Waals surface area contributed by atoms with E-state index in [1.54, 1.807) is 0 Å². The molecular weight excluding hydrogens is 745 g/mol. The van der Waals surface area contributed by atoms with Gasteiger partial charge in [0.2, 0.25) is 0 Å². The van der Waals surface area contributed by atoms with Crippen molar-refractivity contribution in [3.05, 3.63) is 57.6 Å². The molecule has 320 valence electrons. The van der Waals surface area contributed by atoms with Crippen LogP contribution in [0.5, 0.6) is 11.5 Å². The minimum Gasteiger partial charge on any atom is -0.507 e. The van der Waals surface area contributed by atoms with Crippen LogP contribution in [0.1, 0.15) is 218 Å². The fourth-order valence-corrected chi connectivity index (χ4v) is 20.0. The zero-order valence-electron chi connectivity index (χ0n) is 38.5. The van der Waals surface area contributed by atoms with Gasteiger partial charge in [-0.05, 0) is 145 Å². The summed E-state index contributed by atoms with van der Waals surface area (Å²) in [6, 6.07) is 9.72. The average molecular weight is 825 g/mol. The van der Waals surface area contributed by atoms with Gasteiger partial charge in [-0.25, -0.2) is 0 Å². The third-order valence-electron chi connectivity index (χ3n) is 17.6. The summed E-state index contributed by atoms with van der Waals surface area (Å²) < 4.78 is 0. The van der Waals surface area contributed by atoms with E-state index in [0.717, 1.165) is 23.3 Å². The lowest BCUT2D eigenvalue weighted by Crippen LogP contribution is -2.56. The van der Waals surface area contributed by atoms with Crippen LogP contribution >= 0.6 is 23.5 Å². The first kappa shape index (κ1) is 42.1. The van der Waals surface area contributed by atoms with Crippen molar-refractivity contribution in [1.29, 1.82) is 0 Å². The van der Waals surface area contributed by atoms with E-state index in [0.29, 0.717) is 43.7 Å². The number of phenols is 2. The van der Waals surface area contributed by atoms with Crippen LogP contribution in [0, 0.1) is 33.5 Å². The lowest BCUT2D eigenvalue weighted by molar-refractivity contribution is -0.110. The summed E-state index contributed by atoms with van der Waals surface area (Å²) >= 11 is 4.29. The predicted molar refractivity (Wildman–Crippen MR) is 250 cm³/mol. The second-order valence-electron chi connectivity index (χ2n) is 26.1. The summed E-state index contributed by atoms with van der Waals surface area (Å²) in [5.74, 6) is 4.63. The molecule has 0 aliphatic heterocycles. The van der Waals surface area contributed by atoms with Gasteiger partial charge in [-0.3, -0.25) is 0 Å². The molecule has 9 fully saturated rings.